The van der Waals surface area contributed by atoms with Gasteiger partial charge in [0, 0.05) is 13.0 Å². The van der Waals surface area contributed by atoms with Crippen molar-refractivity contribution < 1.29 is 14.3 Å². The van der Waals surface area contributed by atoms with E-state index in [0.29, 0.717) is 0 Å². The highest BCUT2D eigenvalue weighted by molar-refractivity contribution is 5.78. The molecule has 13 heavy (non-hydrogen) atoms. The molecule has 3 rings (SSSR count). The third kappa shape index (κ3) is 2.89. The van der Waals surface area contributed by atoms with Crippen LogP contribution in [0.1, 0.15) is 6.92 Å². The van der Waals surface area contributed by atoms with Gasteiger partial charge in [-0.25, -0.2) is 4.79 Å². The first kappa shape index (κ1) is 9.16. The zero-order chi connectivity index (χ0) is 9.68. The van der Waals surface area contributed by atoms with E-state index in [1.165, 1.54) is 6.92 Å². The van der Waals surface area contributed by atoms with Crippen LogP contribution in [0.4, 0.5) is 0 Å². The molecule has 1 aromatic rings. The third-order valence-corrected chi connectivity index (χ3v) is 1.24. The Labute approximate surface area is 74.9 Å². The Morgan fingerprint density at radius 2 is 2.00 bits per heavy atom. The second-order valence-corrected chi connectivity index (χ2v) is 2.30. The molecule has 0 atom stereocenters. The molecule has 0 spiro atoms. The van der Waals surface area contributed by atoms with Crippen molar-refractivity contribution in [3.05, 3.63) is 24.3 Å². The summed E-state index contributed by atoms with van der Waals surface area (Å²) in [6, 6.07) is 7.86. The maximum Gasteiger partial charge on any atom is 0.253 e. The fraction of sp³-hybridized carbons (Fsp3) is 0.111. The molecule has 0 aromatic heterocycles. The van der Waals surface area contributed by atoms with Gasteiger partial charge in [0.2, 0.25) is 6.08 Å². The van der Waals surface area contributed by atoms with E-state index in [4.69, 9.17) is 9.53 Å². The van der Waals surface area contributed by atoms with Gasteiger partial charge in [-0.3, -0.25) is 4.79 Å². The van der Waals surface area contributed by atoms with Crippen LogP contribution in [0.15, 0.2) is 29.3 Å². The second kappa shape index (κ2) is 4.18. The Balaban J connectivity index is 0.000000133. The molecule has 2 aliphatic heterocycles. The first-order valence-electron chi connectivity index (χ1n) is 3.59. The number of benzene rings is 1. The van der Waals surface area contributed by atoms with E-state index >= 15 is 0 Å². The first-order valence-corrected chi connectivity index (χ1v) is 3.59. The number of carbonyl (C=O) groups excluding carboxylic acids is 2. The normalized spacial score (nSPS) is 9.31. The van der Waals surface area contributed by atoms with Gasteiger partial charge in [-0.15, -0.1) is 4.99 Å². The number of ether oxygens (including phenoxy) is 1. The molecule has 2 bridgehead atoms. The van der Waals surface area contributed by atoms with Crippen molar-refractivity contribution >= 4 is 12.0 Å². The van der Waals surface area contributed by atoms with Crippen LogP contribution in [0, 0.1) is 0 Å². The van der Waals surface area contributed by atoms with Gasteiger partial charge in [-0.1, -0.05) is 6.07 Å². The fourth-order valence-electron chi connectivity index (χ4n) is 0.743. The lowest BCUT2D eigenvalue weighted by Gasteiger charge is -2.13. The van der Waals surface area contributed by atoms with Gasteiger partial charge < -0.3 is 4.74 Å². The van der Waals surface area contributed by atoms with Crippen LogP contribution >= 0.6 is 0 Å². The molecule has 0 fully saturated rings. The van der Waals surface area contributed by atoms with Crippen molar-refractivity contribution in [2.24, 2.45) is 4.99 Å². The number of nitrogens with zero attached hydrogens (tertiary/aromatic N) is 1. The highest BCUT2D eigenvalue weighted by atomic mass is 16.5. The van der Waals surface area contributed by atoms with Crippen LogP contribution in [0.2, 0.25) is 0 Å². The van der Waals surface area contributed by atoms with Crippen LogP contribution < -0.4 is 4.74 Å². The number of carbonyl (C=O) groups is 1. The van der Waals surface area contributed by atoms with E-state index in [1.807, 2.05) is 24.3 Å². The predicted octanol–water partition coefficient (Wildman–Crippen LogP) is 1.66. The van der Waals surface area contributed by atoms with Gasteiger partial charge in [-0.2, -0.15) is 0 Å². The summed E-state index contributed by atoms with van der Waals surface area (Å²) < 4.78 is 5.01. The lowest BCUT2D eigenvalue weighted by Crippen LogP contribution is -1.91. The van der Waals surface area contributed by atoms with Crippen molar-refractivity contribution in [2.45, 2.75) is 6.92 Å². The second-order valence-electron chi connectivity index (χ2n) is 2.30. The van der Waals surface area contributed by atoms with E-state index in [2.05, 4.69) is 4.99 Å². The Morgan fingerprint density at radius 3 is 2.08 bits per heavy atom. The quantitative estimate of drug-likeness (QED) is 0.454. The van der Waals surface area contributed by atoms with Gasteiger partial charge in [0.25, 0.3) is 5.91 Å². The molecular formula is C9H7NO3. The summed E-state index contributed by atoms with van der Waals surface area (Å²) in [5.74, 6) is 1.46. The van der Waals surface area contributed by atoms with E-state index in [-0.39, 0.29) is 0 Å². The van der Waals surface area contributed by atoms with Gasteiger partial charge in [-0.05, 0) is 12.1 Å². The average molecular weight is 177 g/mol. The van der Waals surface area contributed by atoms with Crippen LogP contribution in [0.5, 0.6) is 11.5 Å². The minimum absolute atomic E-state index is 0.509. The molecule has 0 radical (unpaired) electrons. The summed E-state index contributed by atoms with van der Waals surface area (Å²) in [6.07, 6.45) is 1.09. The number of isocyanates is 1. The summed E-state index contributed by atoms with van der Waals surface area (Å²) in [4.78, 5) is 21.4. The maximum atomic E-state index is 9.61. The molecule has 1 amide bonds. The third-order valence-electron chi connectivity index (χ3n) is 1.24. The number of hydrogen-bond acceptors (Lipinski definition) is 3. The van der Waals surface area contributed by atoms with Gasteiger partial charge in [0.15, 0.2) is 0 Å². The Morgan fingerprint density at radius 1 is 1.46 bits per heavy atom. The number of aliphatic imine (C=N–C) groups is 1. The molecule has 1 aromatic carbocycles. The van der Waals surface area contributed by atoms with Crippen molar-refractivity contribution in [2.75, 3.05) is 0 Å². The summed E-state index contributed by atoms with van der Waals surface area (Å²) in [5, 5.41) is 0. The van der Waals surface area contributed by atoms with E-state index in [1.54, 1.807) is 0 Å². The molecule has 2 aliphatic rings. The number of hydrogen-bond donors (Lipinski definition) is 0. The summed E-state index contributed by atoms with van der Waals surface area (Å²) in [6.45, 7) is 1.19. The predicted molar refractivity (Wildman–Crippen MR) is 45.3 cm³/mol. The molecule has 0 unspecified atom stereocenters. The van der Waals surface area contributed by atoms with Gasteiger partial charge in [0.05, 0.1) is 0 Å². The monoisotopic (exact) mass is 177 g/mol. The van der Waals surface area contributed by atoms with Crippen molar-refractivity contribution in [1.82, 2.24) is 0 Å². The minimum atomic E-state index is -0.509. The maximum absolute atomic E-state index is 9.61. The van der Waals surface area contributed by atoms with Crippen LogP contribution in [-0.2, 0) is 9.59 Å². The van der Waals surface area contributed by atoms with Gasteiger partial charge >= 0.3 is 0 Å². The highest BCUT2D eigenvalue weighted by Gasteiger charge is 2.05. The molecule has 2 heterocycles. The average Bonchev–Trinajstić information content (AvgIpc) is 2.05. The highest BCUT2D eigenvalue weighted by Crippen LogP contribution is 2.32. The summed E-state index contributed by atoms with van der Waals surface area (Å²) in [7, 11) is 0. The standard InChI is InChI=1S/C6H4O.C3H3NO2/c1-2-5-4-6(3-1)7-5;1-3(6)4-2-5/h1-4H;1H3. The number of amides is 1. The molecule has 4 heteroatoms. The van der Waals surface area contributed by atoms with E-state index in [0.717, 1.165) is 17.6 Å². The van der Waals surface area contributed by atoms with Crippen molar-refractivity contribution in [1.29, 1.82) is 0 Å². The fourth-order valence-corrected chi connectivity index (χ4v) is 0.743. The first-order chi connectivity index (χ1) is 6.22. The van der Waals surface area contributed by atoms with Crippen LogP contribution in [0.3, 0.4) is 0 Å². The molecule has 0 aliphatic carbocycles. The molecule has 0 N–H and O–H groups in total. The van der Waals surface area contributed by atoms with E-state index in [9.17, 15) is 4.79 Å². The Kier molecular flexibility index (Phi) is 2.95. The summed E-state index contributed by atoms with van der Waals surface area (Å²) >= 11 is 0. The van der Waals surface area contributed by atoms with Crippen molar-refractivity contribution in [3.63, 3.8) is 0 Å². The van der Waals surface area contributed by atoms with E-state index < -0.39 is 5.91 Å². The Bertz CT molecular complexity index is 342. The minimum Gasteiger partial charge on any atom is -0.457 e. The SMILES string of the molecule is CC(=O)N=C=O.c1cc2cc(c1)O2. The number of fused-ring (bicyclic) bond motifs is 2. The largest absolute Gasteiger partial charge is 0.457 e. The molecule has 4 nitrogen and oxygen atoms in total. The van der Waals surface area contributed by atoms with Crippen LogP contribution in [0.25, 0.3) is 0 Å². The lowest BCUT2D eigenvalue weighted by molar-refractivity contribution is -0.115. The zero-order valence-electron chi connectivity index (χ0n) is 6.98. The molecule has 66 valence electrons. The zero-order valence-corrected chi connectivity index (χ0v) is 6.98. The molecular weight excluding hydrogens is 170 g/mol. The number of rotatable bonds is 0. The summed E-state index contributed by atoms with van der Waals surface area (Å²) in [5.41, 5.74) is 0. The van der Waals surface area contributed by atoms with Crippen molar-refractivity contribution in [3.8, 4) is 11.5 Å². The lowest BCUT2D eigenvalue weighted by atomic mass is 10.2. The Hall–Kier alpha value is -1.93. The van der Waals surface area contributed by atoms with Crippen LogP contribution in [-0.4, -0.2) is 12.0 Å². The molecule has 0 saturated carbocycles. The topological polar surface area (TPSA) is 55.7 Å². The van der Waals surface area contributed by atoms with Gasteiger partial charge in [0.1, 0.15) is 11.5 Å². The smallest absolute Gasteiger partial charge is 0.253 e. The molecule has 0 saturated heterocycles.